The Morgan fingerprint density at radius 2 is 1.85 bits per heavy atom. The van der Waals surface area contributed by atoms with Gasteiger partial charge in [-0.3, -0.25) is 0 Å². The molecule has 112 valence electrons. The Hall–Kier alpha value is -0.780. The number of unbranched alkanes of at least 4 members (excludes halogenated alkanes) is 4. The van der Waals surface area contributed by atoms with Gasteiger partial charge in [-0.1, -0.05) is 70.6 Å². The van der Waals surface area contributed by atoms with Crippen molar-refractivity contribution in [3.63, 3.8) is 0 Å². The number of aryl methyl sites for hydroxylation is 2. The lowest BCUT2D eigenvalue weighted by molar-refractivity contribution is 0.411. The van der Waals surface area contributed by atoms with Gasteiger partial charge >= 0.3 is 0 Å². The lowest BCUT2D eigenvalue weighted by Gasteiger charge is -2.26. The molecule has 0 fully saturated rings. The van der Waals surface area contributed by atoms with Gasteiger partial charge in [0.15, 0.2) is 0 Å². The molecule has 0 saturated heterocycles. The predicted molar refractivity (Wildman–Crippen MR) is 89.3 cm³/mol. The predicted octanol–water partition coefficient (Wildman–Crippen LogP) is 6.10. The van der Waals surface area contributed by atoms with Crippen LogP contribution in [0.15, 0.2) is 18.2 Å². The summed E-state index contributed by atoms with van der Waals surface area (Å²) in [6.07, 6.45) is 15.1. The van der Waals surface area contributed by atoms with E-state index in [4.69, 9.17) is 0 Å². The monoisotopic (exact) mass is 272 g/mol. The summed E-state index contributed by atoms with van der Waals surface area (Å²) in [5.74, 6) is 0.958. The number of rotatable bonds is 8. The highest BCUT2D eigenvalue weighted by Gasteiger charge is 2.20. The molecule has 0 N–H and O–H groups in total. The largest absolute Gasteiger partial charge is 0.0654 e. The van der Waals surface area contributed by atoms with Crippen LogP contribution in [-0.2, 0) is 19.3 Å². The van der Waals surface area contributed by atoms with Crippen LogP contribution in [0.25, 0.3) is 0 Å². The van der Waals surface area contributed by atoms with E-state index in [9.17, 15) is 0 Å². The molecule has 2 rings (SSSR count). The van der Waals surface area contributed by atoms with Crippen LogP contribution in [0.3, 0.4) is 0 Å². The molecule has 1 unspecified atom stereocenters. The van der Waals surface area contributed by atoms with Crippen LogP contribution in [-0.4, -0.2) is 0 Å². The fourth-order valence-electron chi connectivity index (χ4n) is 3.65. The Morgan fingerprint density at radius 3 is 2.65 bits per heavy atom. The molecule has 0 bridgehead atoms. The first-order chi connectivity index (χ1) is 9.85. The Kier molecular flexibility index (Phi) is 6.63. The number of benzene rings is 1. The zero-order chi connectivity index (χ0) is 14.2. The van der Waals surface area contributed by atoms with Crippen LogP contribution in [0.5, 0.6) is 0 Å². The molecule has 0 aromatic heterocycles. The van der Waals surface area contributed by atoms with Gasteiger partial charge in [-0.25, -0.2) is 0 Å². The first-order valence-corrected chi connectivity index (χ1v) is 8.94. The molecule has 1 aliphatic rings. The second-order valence-corrected chi connectivity index (χ2v) is 6.62. The quantitative estimate of drug-likeness (QED) is 0.501. The molecule has 20 heavy (non-hydrogen) atoms. The van der Waals surface area contributed by atoms with E-state index in [1.807, 2.05) is 0 Å². The minimum atomic E-state index is 0.958. The summed E-state index contributed by atoms with van der Waals surface area (Å²) in [5, 5.41) is 0. The number of hydrogen-bond donors (Lipinski definition) is 0. The molecule has 0 amide bonds. The first-order valence-electron chi connectivity index (χ1n) is 8.94. The van der Waals surface area contributed by atoms with Crippen LogP contribution in [0, 0.1) is 5.92 Å². The van der Waals surface area contributed by atoms with Crippen molar-refractivity contribution in [2.45, 2.75) is 84.5 Å². The molecule has 0 radical (unpaired) electrons. The van der Waals surface area contributed by atoms with Crippen LogP contribution >= 0.6 is 0 Å². The minimum Gasteiger partial charge on any atom is -0.0654 e. The maximum Gasteiger partial charge on any atom is -0.0245 e. The van der Waals surface area contributed by atoms with Crippen LogP contribution in [0.1, 0.15) is 81.9 Å². The van der Waals surface area contributed by atoms with E-state index in [-0.39, 0.29) is 0 Å². The lowest BCUT2D eigenvalue weighted by atomic mass is 9.79. The Morgan fingerprint density at radius 1 is 1.00 bits per heavy atom. The van der Waals surface area contributed by atoms with E-state index in [1.54, 1.807) is 16.7 Å². The maximum atomic E-state index is 2.40. The molecule has 1 aliphatic carbocycles. The fraction of sp³-hybridized carbons (Fsp3) is 0.700. The summed E-state index contributed by atoms with van der Waals surface area (Å²) >= 11 is 0. The molecular formula is C20H32. The molecule has 0 heterocycles. The van der Waals surface area contributed by atoms with Gasteiger partial charge in [0.1, 0.15) is 0 Å². The van der Waals surface area contributed by atoms with Gasteiger partial charge in [-0.15, -0.1) is 0 Å². The summed E-state index contributed by atoms with van der Waals surface area (Å²) in [6.45, 7) is 4.61. The molecular weight excluding hydrogens is 240 g/mol. The van der Waals surface area contributed by atoms with Crippen molar-refractivity contribution >= 4 is 0 Å². The van der Waals surface area contributed by atoms with Crippen LogP contribution in [0.2, 0.25) is 0 Å². The average molecular weight is 272 g/mol. The third kappa shape index (κ3) is 4.36. The van der Waals surface area contributed by atoms with E-state index in [2.05, 4.69) is 32.0 Å². The third-order valence-corrected chi connectivity index (χ3v) is 4.95. The second kappa shape index (κ2) is 8.49. The summed E-state index contributed by atoms with van der Waals surface area (Å²) in [4.78, 5) is 0. The van der Waals surface area contributed by atoms with Crippen molar-refractivity contribution in [1.29, 1.82) is 0 Å². The molecule has 1 atom stereocenters. The van der Waals surface area contributed by atoms with Crippen molar-refractivity contribution < 1.29 is 0 Å². The molecule has 0 nitrogen and oxygen atoms in total. The van der Waals surface area contributed by atoms with Crippen molar-refractivity contribution in [2.75, 3.05) is 0 Å². The van der Waals surface area contributed by atoms with Crippen molar-refractivity contribution in [3.8, 4) is 0 Å². The van der Waals surface area contributed by atoms with Gasteiger partial charge in [0, 0.05) is 0 Å². The molecule has 0 heteroatoms. The van der Waals surface area contributed by atoms with Gasteiger partial charge < -0.3 is 0 Å². The summed E-state index contributed by atoms with van der Waals surface area (Å²) < 4.78 is 0. The highest BCUT2D eigenvalue weighted by atomic mass is 14.2. The van der Waals surface area contributed by atoms with E-state index < -0.39 is 0 Å². The van der Waals surface area contributed by atoms with Gasteiger partial charge in [-0.2, -0.15) is 0 Å². The highest BCUT2D eigenvalue weighted by Crippen LogP contribution is 2.31. The van der Waals surface area contributed by atoms with Crippen molar-refractivity contribution in [2.24, 2.45) is 5.92 Å². The minimum absolute atomic E-state index is 0.958. The molecule has 0 saturated carbocycles. The Bertz CT molecular complexity index is 391. The smallest absolute Gasteiger partial charge is 0.0245 e. The topological polar surface area (TPSA) is 0 Å². The molecule has 0 spiro atoms. The zero-order valence-corrected chi connectivity index (χ0v) is 13.6. The van der Waals surface area contributed by atoms with Gasteiger partial charge in [0.25, 0.3) is 0 Å². The lowest BCUT2D eigenvalue weighted by Crippen LogP contribution is -2.16. The van der Waals surface area contributed by atoms with Crippen molar-refractivity contribution in [3.05, 3.63) is 34.9 Å². The van der Waals surface area contributed by atoms with Crippen LogP contribution in [0.4, 0.5) is 0 Å². The highest BCUT2D eigenvalue weighted by molar-refractivity contribution is 5.37. The SMILES string of the molecule is CCCCCCc1cccc2c1CC(CCCC)CC2. The zero-order valence-electron chi connectivity index (χ0n) is 13.6. The van der Waals surface area contributed by atoms with Gasteiger partial charge in [0.05, 0.1) is 0 Å². The summed E-state index contributed by atoms with van der Waals surface area (Å²) in [6, 6.07) is 7.06. The number of hydrogen-bond acceptors (Lipinski definition) is 0. The van der Waals surface area contributed by atoms with Gasteiger partial charge in [0.2, 0.25) is 0 Å². The Balaban J connectivity index is 1.96. The van der Waals surface area contributed by atoms with E-state index in [0.717, 1.165) is 5.92 Å². The van der Waals surface area contributed by atoms with Crippen LogP contribution < -0.4 is 0 Å². The van der Waals surface area contributed by atoms with E-state index in [1.165, 1.54) is 70.6 Å². The average Bonchev–Trinajstić information content (AvgIpc) is 2.49. The van der Waals surface area contributed by atoms with E-state index >= 15 is 0 Å². The van der Waals surface area contributed by atoms with Gasteiger partial charge in [-0.05, 0) is 54.7 Å². The van der Waals surface area contributed by atoms with Crippen molar-refractivity contribution in [1.82, 2.24) is 0 Å². The summed E-state index contributed by atoms with van der Waals surface area (Å²) in [7, 11) is 0. The molecule has 0 aliphatic heterocycles. The molecule has 1 aromatic rings. The summed E-state index contributed by atoms with van der Waals surface area (Å²) in [5.41, 5.74) is 5.06. The number of fused-ring (bicyclic) bond motifs is 1. The third-order valence-electron chi connectivity index (χ3n) is 4.95. The first kappa shape index (κ1) is 15.6. The fourth-order valence-corrected chi connectivity index (χ4v) is 3.65. The standard InChI is InChI=1S/C20H32/c1-3-5-7-8-11-18-12-9-13-19-15-14-17(10-6-4-2)16-20(18)19/h9,12-13,17H,3-8,10-11,14-16H2,1-2H3. The Labute approximate surface area is 126 Å². The molecule has 1 aromatic carbocycles. The normalized spacial score (nSPS) is 18.0. The second-order valence-electron chi connectivity index (χ2n) is 6.62. The maximum absolute atomic E-state index is 2.40. The van der Waals surface area contributed by atoms with E-state index in [0.29, 0.717) is 0 Å².